The molecule has 0 unspecified atom stereocenters. The lowest BCUT2D eigenvalue weighted by Gasteiger charge is -2.18. The standard InChI is InChI=1S/C22H24N8O3S/c1-11(28-20(33)17-12-5-6-16(31)30-18(12)27-10-26-17)21-23-8-13(34-21)19(32)29-15-7-14(22(2,3)4)24-9-25-15/h7-11H,5-6H2,1-4H3,(H,28,33)(H,24,25,29,32)(H,26,27,30,31)/t11-/m1/s1. The highest BCUT2D eigenvalue weighted by molar-refractivity contribution is 7.13. The fourth-order valence-electron chi connectivity index (χ4n) is 3.32. The number of carbonyl (C=O) groups is 3. The lowest BCUT2D eigenvalue weighted by molar-refractivity contribution is -0.116. The number of carbonyl (C=O) groups excluding carboxylic acids is 3. The first kappa shape index (κ1) is 23.4. The normalized spacial score (nSPS) is 14.1. The molecule has 12 heteroatoms. The van der Waals surface area contributed by atoms with Crippen molar-refractivity contribution in [1.82, 2.24) is 30.2 Å². The average Bonchev–Trinajstić information content (AvgIpc) is 3.29. The third kappa shape index (κ3) is 5.06. The minimum absolute atomic E-state index is 0.142. The van der Waals surface area contributed by atoms with Crippen LogP contribution in [0.5, 0.6) is 0 Å². The number of hydrogen-bond donors (Lipinski definition) is 3. The summed E-state index contributed by atoms with van der Waals surface area (Å²) >= 11 is 1.17. The van der Waals surface area contributed by atoms with E-state index < -0.39 is 11.9 Å². The van der Waals surface area contributed by atoms with Gasteiger partial charge in [0.25, 0.3) is 11.8 Å². The fourth-order valence-corrected chi connectivity index (χ4v) is 4.13. The minimum atomic E-state index is -0.464. The molecule has 0 aromatic carbocycles. The summed E-state index contributed by atoms with van der Waals surface area (Å²) in [6.45, 7) is 7.85. The van der Waals surface area contributed by atoms with E-state index >= 15 is 0 Å². The van der Waals surface area contributed by atoms with E-state index in [-0.39, 0.29) is 29.3 Å². The first-order valence-electron chi connectivity index (χ1n) is 10.7. The Morgan fingerprint density at radius 3 is 2.59 bits per heavy atom. The molecule has 3 aromatic rings. The molecule has 0 saturated heterocycles. The van der Waals surface area contributed by atoms with Gasteiger partial charge in [-0.3, -0.25) is 14.4 Å². The summed E-state index contributed by atoms with van der Waals surface area (Å²) in [7, 11) is 0. The Kier molecular flexibility index (Phi) is 6.33. The third-order valence-corrected chi connectivity index (χ3v) is 6.34. The summed E-state index contributed by atoms with van der Waals surface area (Å²) in [5.74, 6) is -0.129. The van der Waals surface area contributed by atoms with Crippen LogP contribution in [0.2, 0.25) is 0 Å². The van der Waals surface area contributed by atoms with Gasteiger partial charge in [0.15, 0.2) is 0 Å². The van der Waals surface area contributed by atoms with Crippen LogP contribution in [0.15, 0.2) is 24.9 Å². The van der Waals surface area contributed by atoms with Crippen LogP contribution in [0.1, 0.15) is 76.6 Å². The number of nitrogens with one attached hydrogen (secondary N) is 3. The van der Waals surface area contributed by atoms with Crippen molar-refractivity contribution in [3.63, 3.8) is 0 Å². The fraction of sp³-hybridized carbons (Fsp3) is 0.364. The van der Waals surface area contributed by atoms with Gasteiger partial charge in [-0.05, 0) is 13.3 Å². The lowest BCUT2D eigenvalue weighted by atomic mass is 9.92. The third-order valence-electron chi connectivity index (χ3n) is 5.16. The van der Waals surface area contributed by atoms with E-state index in [4.69, 9.17) is 0 Å². The first-order valence-corrected chi connectivity index (χ1v) is 11.5. The van der Waals surface area contributed by atoms with Gasteiger partial charge in [0.05, 0.1) is 17.9 Å². The van der Waals surface area contributed by atoms with Gasteiger partial charge in [-0.15, -0.1) is 11.3 Å². The summed E-state index contributed by atoms with van der Waals surface area (Å²) < 4.78 is 0. The number of amides is 3. The molecule has 3 amide bonds. The second kappa shape index (κ2) is 9.21. The molecule has 11 nitrogen and oxygen atoms in total. The predicted molar refractivity (Wildman–Crippen MR) is 126 cm³/mol. The van der Waals surface area contributed by atoms with Crippen LogP contribution >= 0.6 is 11.3 Å². The Bertz CT molecular complexity index is 1270. The molecule has 4 heterocycles. The van der Waals surface area contributed by atoms with Crippen LogP contribution in [0, 0.1) is 0 Å². The number of fused-ring (bicyclic) bond motifs is 1. The van der Waals surface area contributed by atoms with Crippen molar-refractivity contribution in [2.75, 3.05) is 10.6 Å². The van der Waals surface area contributed by atoms with Gasteiger partial charge in [0, 0.05) is 23.5 Å². The Labute approximate surface area is 199 Å². The molecule has 176 valence electrons. The molecule has 1 atom stereocenters. The van der Waals surface area contributed by atoms with Gasteiger partial charge < -0.3 is 16.0 Å². The van der Waals surface area contributed by atoms with Gasteiger partial charge in [-0.25, -0.2) is 24.9 Å². The number of anilines is 2. The van der Waals surface area contributed by atoms with Crippen LogP contribution in [0.25, 0.3) is 0 Å². The predicted octanol–water partition coefficient (Wildman–Crippen LogP) is 2.65. The Hall–Kier alpha value is -3.80. The van der Waals surface area contributed by atoms with E-state index in [0.29, 0.717) is 33.5 Å². The van der Waals surface area contributed by atoms with Crippen molar-refractivity contribution < 1.29 is 14.4 Å². The topological polar surface area (TPSA) is 152 Å². The van der Waals surface area contributed by atoms with Crippen LogP contribution in [-0.4, -0.2) is 42.6 Å². The van der Waals surface area contributed by atoms with Gasteiger partial charge in [-0.1, -0.05) is 20.8 Å². The molecule has 0 saturated carbocycles. The number of thiazole rings is 1. The number of hydrogen-bond acceptors (Lipinski definition) is 9. The SMILES string of the molecule is C[C@@H](NC(=O)c1ncnc2c1CCC(=O)N2)c1ncc(C(=O)Nc2cc(C(C)(C)C)ncn2)s1. The van der Waals surface area contributed by atoms with Crippen LogP contribution in [0.4, 0.5) is 11.6 Å². The summed E-state index contributed by atoms with van der Waals surface area (Å²) in [6.07, 6.45) is 4.79. The molecule has 1 aliphatic heterocycles. The Morgan fingerprint density at radius 2 is 1.82 bits per heavy atom. The maximum atomic E-state index is 12.8. The second-order valence-electron chi connectivity index (χ2n) is 8.85. The van der Waals surface area contributed by atoms with E-state index in [1.54, 1.807) is 13.0 Å². The van der Waals surface area contributed by atoms with Gasteiger partial charge >= 0.3 is 0 Å². The summed E-state index contributed by atoms with van der Waals surface area (Å²) in [4.78, 5) is 58.3. The molecule has 0 fully saturated rings. The summed E-state index contributed by atoms with van der Waals surface area (Å²) in [5, 5.41) is 8.84. The molecule has 0 spiro atoms. The monoisotopic (exact) mass is 480 g/mol. The van der Waals surface area contributed by atoms with E-state index in [9.17, 15) is 14.4 Å². The Balaban J connectivity index is 1.43. The largest absolute Gasteiger partial charge is 0.342 e. The van der Waals surface area contributed by atoms with Crippen LogP contribution < -0.4 is 16.0 Å². The number of nitrogens with zero attached hydrogens (tertiary/aromatic N) is 5. The minimum Gasteiger partial charge on any atom is -0.342 e. The van der Waals surface area contributed by atoms with Crippen molar-refractivity contribution in [3.8, 4) is 0 Å². The van der Waals surface area contributed by atoms with Crippen molar-refractivity contribution in [3.05, 3.63) is 51.8 Å². The first-order chi connectivity index (χ1) is 16.1. The summed E-state index contributed by atoms with van der Waals surface area (Å²) in [6, 6.07) is 1.28. The molecule has 1 aliphatic rings. The van der Waals surface area contributed by atoms with Crippen molar-refractivity contribution >= 4 is 40.7 Å². The molecule has 3 N–H and O–H groups in total. The molecule has 0 radical (unpaired) electrons. The number of rotatable bonds is 5. The van der Waals surface area contributed by atoms with Gasteiger partial charge in [0.2, 0.25) is 5.91 Å². The maximum Gasteiger partial charge on any atom is 0.270 e. The molecule has 4 rings (SSSR count). The van der Waals surface area contributed by atoms with Crippen molar-refractivity contribution in [1.29, 1.82) is 0 Å². The van der Waals surface area contributed by atoms with E-state index in [1.807, 2.05) is 20.8 Å². The quantitative estimate of drug-likeness (QED) is 0.504. The van der Waals surface area contributed by atoms with E-state index in [0.717, 1.165) is 5.69 Å². The molecule has 0 aliphatic carbocycles. The average molecular weight is 481 g/mol. The molecular formula is C22H24N8O3S. The molecule has 34 heavy (non-hydrogen) atoms. The molecule has 3 aromatic heterocycles. The Morgan fingerprint density at radius 1 is 1.06 bits per heavy atom. The smallest absolute Gasteiger partial charge is 0.270 e. The van der Waals surface area contributed by atoms with Crippen LogP contribution in [0.3, 0.4) is 0 Å². The van der Waals surface area contributed by atoms with E-state index in [2.05, 4.69) is 40.9 Å². The van der Waals surface area contributed by atoms with Crippen molar-refractivity contribution in [2.45, 2.75) is 52.0 Å². The number of aromatic nitrogens is 5. The highest BCUT2D eigenvalue weighted by atomic mass is 32.1. The molecule has 0 bridgehead atoms. The highest BCUT2D eigenvalue weighted by Crippen LogP contribution is 2.25. The zero-order valence-electron chi connectivity index (χ0n) is 19.2. The zero-order chi connectivity index (χ0) is 24.5. The zero-order valence-corrected chi connectivity index (χ0v) is 20.0. The van der Waals surface area contributed by atoms with Gasteiger partial charge in [-0.2, -0.15) is 0 Å². The van der Waals surface area contributed by atoms with Crippen molar-refractivity contribution in [2.24, 2.45) is 0 Å². The summed E-state index contributed by atoms with van der Waals surface area (Å²) in [5.41, 5.74) is 1.45. The lowest BCUT2D eigenvalue weighted by Crippen LogP contribution is -2.30. The van der Waals surface area contributed by atoms with Crippen LogP contribution in [-0.2, 0) is 16.6 Å². The van der Waals surface area contributed by atoms with Gasteiger partial charge in [0.1, 0.15) is 39.9 Å². The molecular weight excluding hydrogens is 456 g/mol. The van der Waals surface area contributed by atoms with E-state index in [1.165, 1.54) is 30.2 Å². The maximum absolute atomic E-state index is 12.8. The highest BCUT2D eigenvalue weighted by Gasteiger charge is 2.25. The second-order valence-corrected chi connectivity index (χ2v) is 9.91.